The lowest BCUT2D eigenvalue weighted by Crippen LogP contribution is -2.49. The first-order chi connectivity index (χ1) is 13.6. The minimum absolute atomic E-state index is 0.000828. The molecule has 7 nitrogen and oxygen atoms in total. The van der Waals surface area contributed by atoms with Gasteiger partial charge in [0.1, 0.15) is 5.75 Å². The van der Waals surface area contributed by atoms with Crippen molar-refractivity contribution in [3.63, 3.8) is 0 Å². The molecule has 1 aliphatic heterocycles. The summed E-state index contributed by atoms with van der Waals surface area (Å²) in [4.78, 5) is 27.8. The van der Waals surface area contributed by atoms with Crippen molar-refractivity contribution in [1.82, 2.24) is 4.90 Å². The summed E-state index contributed by atoms with van der Waals surface area (Å²) >= 11 is 1.22. The fourth-order valence-corrected chi connectivity index (χ4v) is 4.08. The third-order valence-electron chi connectivity index (χ3n) is 4.55. The number of ether oxygens (including phenoxy) is 1. The third-order valence-corrected chi connectivity index (χ3v) is 5.60. The Hall–Kier alpha value is -2.74. The van der Waals surface area contributed by atoms with Crippen LogP contribution in [0.25, 0.3) is 0 Å². The average Bonchev–Trinajstić information content (AvgIpc) is 2.73. The summed E-state index contributed by atoms with van der Waals surface area (Å²) in [6, 6.07) is 14.4. The van der Waals surface area contributed by atoms with Gasteiger partial charge in [0, 0.05) is 32.2 Å². The van der Waals surface area contributed by atoms with Gasteiger partial charge in [0.15, 0.2) is 0 Å². The number of anilines is 1. The lowest BCUT2D eigenvalue weighted by molar-refractivity contribution is -0.387. The highest BCUT2D eigenvalue weighted by atomic mass is 32.2. The minimum Gasteiger partial charge on any atom is -0.492 e. The number of nitro groups is 1. The molecule has 0 spiro atoms. The van der Waals surface area contributed by atoms with Crippen molar-refractivity contribution in [3.05, 3.63) is 58.6 Å². The van der Waals surface area contributed by atoms with Crippen LogP contribution in [0.15, 0.2) is 53.4 Å². The van der Waals surface area contributed by atoms with E-state index in [9.17, 15) is 14.9 Å². The van der Waals surface area contributed by atoms with E-state index >= 15 is 0 Å². The number of hydrogen-bond acceptors (Lipinski definition) is 6. The summed E-state index contributed by atoms with van der Waals surface area (Å²) in [5.41, 5.74) is 1.09. The van der Waals surface area contributed by atoms with Crippen LogP contribution in [0.5, 0.6) is 5.75 Å². The van der Waals surface area contributed by atoms with E-state index < -0.39 is 4.92 Å². The zero-order chi connectivity index (χ0) is 19.9. The smallest absolute Gasteiger partial charge is 0.282 e. The summed E-state index contributed by atoms with van der Waals surface area (Å²) < 4.78 is 5.70. The molecule has 8 heteroatoms. The van der Waals surface area contributed by atoms with Crippen LogP contribution in [0, 0.1) is 10.1 Å². The number of benzene rings is 2. The maximum Gasteiger partial charge on any atom is 0.282 e. The maximum atomic E-state index is 12.6. The Labute approximate surface area is 168 Å². The number of nitrogens with zero attached hydrogens (tertiary/aromatic N) is 3. The van der Waals surface area contributed by atoms with E-state index in [1.165, 1.54) is 17.8 Å². The number of carbonyl (C=O) groups excluding carboxylic acids is 1. The number of hydrogen-bond donors (Lipinski definition) is 0. The summed E-state index contributed by atoms with van der Waals surface area (Å²) in [5.74, 6) is 1.05. The van der Waals surface area contributed by atoms with E-state index in [1.807, 2.05) is 36.1 Å². The van der Waals surface area contributed by atoms with Gasteiger partial charge in [0.05, 0.1) is 27.9 Å². The topological polar surface area (TPSA) is 75.9 Å². The highest BCUT2D eigenvalue weighted by Crippen LogP contribution is 2.30. The molecule has 148 valence electrons. The van der Waals surface area contributed by atoms with Crippen molar-refractivity contribution >= 4 is 29.0 Å². The van der Waals surface area contributed by atoms with Gasteiger partial charge in [-0.1, -0.05) is 24.3 Å². The number of carbonyl (C=O) groups is 1. The predicted molar refractivity (Wildman–Crippen MR) is 110 cm³/mol. The van der Waals surface area contributed by atoms with E-state index in [0.29, 0.717) is 24.6 Å². The van der Waals surface area contributed by atoms with Crippen LogP contribution in [0.4, 0.5) is 11.4 Å². The lowest BCUT2D eigenvalue weighted by Gasteiger charge is -2.36. The fourth-order valence-electron chi connectivity index (χ4n) is 3.15. The van der Waals surface area contributed by atoms with Gasteiger partial charge < -0.3 is 14.5 Å². The minimum atomic E-state index is -0.415. The van der Waals surface area contributed by atoms with Crippen LogP contribution in [0.2, 0.25) is 0 Å². The molecule has 0 N–H and O–H groups in total. The second kappa shape index (κ2) is 9.45. The lowest BCUT2D eigenvalue weighted by atomic mass is 10.2. The third kappa shape index (κ3) is 4.75. The van der Waals surface area contributed by atoms with Crippen LogP contribution in [0.3, 0.4) is 0 Å². The molecule has 0 saturated carbocycles. The Kier molecular flexibility index (Phi) is 6.76. The monoisotopic (exact) mass is 401 g/mol. The molecule has 0 radical (unpaired) electrons. The number of nitro benzene ring substituents is 1. The highest BCUT2D eigenvalue weighted by molar-refractivity contribution is 8.00. The van der Waals surface area contributed by atoms with Gasteiger partial charge in [-0.15, -0.1) is 11.8 Å². The van der Waals surface area contributed by atoms with Crippen molar-refractivity contribution in [2.24, 2.45) is 0 Å². The Morgan fingerprint density at radius 3 is 2.50 bits per heavy atom. The second-order valence-electron chi connectivity index (χ2n) is 6.28. The molecule has 1 aliphatic rings. The molecule has 0 aromatic heterocycles. The van der Waals surface area contributed by atoms with Gasteiger partial charge in [0.25, 0.3) is 5.69 Å². The number of thioether (sulfide) groups is 1. The largest absolute Gasteiger partial charge is 0.492 e. The van der Waals surface area contributed by atoms with Gasteiger partial charge in [0.2, 0.25) is 5.91 Å². The van der Waals surface area contributed by atoms with Crippen molar-refractivity contribution in [1.29, 1.82) is 0 Å². The number of amides is 1. The Morgan fingerprint density at radius 2 is 1.79 bits per heavy atom. The van der Waals surface area contributed by atoms with Gasteiger partial charge in [-0.05, 0) is 25.1 Å². The molecule has 1 saturated heterocycles. The molecule has 28 heavy (non-hydrogen) atoms. The van der Waals surface area contributed by atoms with Gasteiger partial charge in [-0.3, -0.25) is 14.9 Å². The molecule has 2 aromatic carbocycles. The maximum absolute atomic E-state index is 12.6. The first-order valence-electron chi connectivity index (χ1n) is 9.21. The van der Waals surface area contributed by atoms with Crippen molar-refractivity contribution in [2.75, 3.05) is 43.4 Å². The van der Waals surface area contributed by atoms with E-state index in [1.54, 1.807) is 18.2 Å². The van der Waals surface area contributed by atoms with E-state index in [-0.39, 0.29) is 17.3 Å². The van der Waals surface area contributed by atoms with E-state index in [2.05, 4.69) is 4.90 Å². The molecule has 2 aromatic rings. The summed E-state index contributed by atoms with van der Waals surface area (Å²) in [6.45, 7) is 5.27. The molecule has 0 bridgehead atoms. The molecular formula is C20H23N3O4S. The summed E-state index contributed by atoms with van der Waals surface area (Å²) in [6.07, 6.45) is 0. The summed E-state index contributed by atoms with van der Waals surface area (Å²) in [7, 11) is 0. The van der Waals surface area contributed by atoms with Gasteiger partial charge in [-0.25, -0.2) is 0 Å². The quantitative estimate of drug-likeness (QED) is 0.402. The summed E-state index contributed by atoms with van der Waals surface area (Å²) in [5, 5.41) is 11.1. The second-order valence-corrected chi connectivity index (χ2v) is 7.30. The molecule has 3 rings (SSSR count). The zero-order valence-corrected chi connectivity index (χ0v) is 16.6. The van der Waals surface area contributed by atoms with Gasteiger partial charge in [-0.2, -0.15) is 0 Å². The Bertz CT molecular complexity index is 838. The van der Waals surface area contributed by atoms with Gasteiger partial charge >= 0.3 is 0 Å². The number of para-hydroxylation sites is 3. The van der Waals surface area contributed by atoms with Crippen molar-refractivity contribution < 1.29 is 14.5 Å². The molecular weight excluding hydrogens is 378 g/mol. The first kappa shape index (κ1) is 20.0. The standard InChI is InChI=1S/C20H23N3O4S/c1-2-27-18-9-5-3-7-16(18)21-11-13-22(14-12-21)20(24)15-28-19-10-6-4-8-17(19)23(25)26/h3-10H,2,11-15H2,1H3. The zero-order valence-electron chi connectivity index (χ0n) is 15.7. The van der Waals surface area contributed by atoms with E-state index in [0.717, 1.165) is 24.5 Å². The molecule has 1 fully saturated rings. The molecule has 0 unspecified atom stereocenters. The fraction of sp³-hybridized carbons (Fsp3) is 0.350. The Morgan fingerprint density at radius 1 is 1.11 bits per heavy atom. The van der Waals surface area contributed by atoms with Crippen LogP contribution in [-0.4, -0.2) is 54.3 Å². The Balaban J connectivity index is 1.55. The van der Waals surface area contributed by atoms with Crippen molar-refractivity contribution in [2.45, 2.75) is 11.8 Å². The van der Waals surface area contributed by atoms with Crippen LogP contribution in [-0.2, 0) is 4.79 Å². The van der Waals surface area contributed by atoms with Crippen LogP contribution in [0.1, 0.15) is 6.92 Å². The molecule has 1 amide bonds. The van der Waals surface area contributed by atoms with Crippen LogP contribution < -0.4 is 9.64 Å². The highest BCUT2D eigenvalue weighted by Gasteiger charge is 2.23. The number of rotatable bonds is 7. The molecule has 0 atom stereocenters. The van der Waals surface area contributed by atoms with Crippen molar-refractivity contribution in [3.8, 4) is 5.75 Å². The number of piperazine rings is 1. The molecule has 1 heterocycles. The molecule has 0 aliphatic carbocycles. The normalized spacial score (nSPS) is 14.0. The average molecular weight is 401 g/mol. The predicted octanol–water partition coefficient (Wildman–Crippen LogP) is 3.43. The SMILES string of the molecule is CCOc1ccccc1N1CCN(C(=O)CSc2ccccc2[N+](=O)[O-])CC1. The van der Waals surface area contributed by atoms with E-state index in [4.69, 9.17) is 4.74 Å². The van der Waals surface area contributed by atoms with Crippen LogP contribution >= 0.6 is 11.8 Å². The first-order valence-corrected chi connectivity index (χ1v) is 10.2.